The highest BCUT2D eigenvalue weighted by Crippen LogP contribution is 2.55. The molecule has 2 amide bonds. The highest BCUT2D eigenvalue weighted by atomic mass is 35.5. The first kappa shape index (κ1) is 24.7. The zero-order valence-corrected chi connectivity index (χ0v) is 21.9. The average molecular weight is 550 g/mol. The number of non-ortho nitro benzene ring substituents is 1. The first-order valence-electron chi connectivity index (χ1n) is 12.2. The second kappa shape index (κ2) is 9.61. The fourth-order valence-electron chi connectivity index (χ4n) is 5.44. The van der Waals surface area contributed by atoms with Crippen LogP contribution in [-0.2, 0) is 14.5 Å². The van der Waals surface area contributed by atoms with E-state index in [0.717, 1.165) is 43.1 Å². The van der Waals surface area contributed by atoms with Gasteiger partial charge in [0.15, 0.2) is 0 Å². The maximum Gasteiger partial charge on any atom is 0.269 e. The summed E-state index contributed by atoms with van der Waals surface area (Å²) < 4.78 is 0. The standard InChI is InChI=1S/C27H24ClN5O4S/c28-19-4-3-5-22(16-19)32-25(34)17-38-27(32)23-6-1-2-7-24(23)31(26(27)35)18-29-12-14-30(15-13-29)20-8-10-21(11-9-20)33(36)37/h1-11,16H,12-15,17-18H2. The minimum Gasteiger partial charge on any atom is -0.369 e. The van der Waals surface area contributed by atoms with E-state index in [9.17, 15) is 19.7 Å². The number of hydrogen-bond acceptors (Lipinski definition) is 7. The van der Waals surface area contributed by atoms with Gasteiger partial charge in [0.2, 0.25) is 10.8 Å². The van der Waals surface area contributed by atoms with Crippen LogP contribution in [0.25, 0.3) is 0 Å². The molecule has 0 bridgehead atoms. The van der Waals surface area contributed by atoms with Crippen LogP contribution in [0.3, 0.4) is 0 Å². The Kier molecular flexibility index (Phi) is 6.25. The number of nitro benzene ring substituents is 1. The number of rotatable bonds is 5. The van der Waals surface area contributed by atoms with E-state index in [1.54, 1.807) is 40.1 Å². The lowest BCUT2D eigenvalue weighted by Crippen LogP contribution is -2.54. The molecule has 0 saturated carbocycles. The summed E-state index contributed by atoms with van der Waals surface area (Å²) in [5, 5.41) is 11.5. The number of amides is 2. The van der Waals surface area contributed by atoms with Crippen molar-refractivity contribution in [3.05, 3.63) is 93.5 Å². The van der Waals surface area contributed by atoms with Crippen LogP contribution in [0.2, 0.25) is 5.02 Å². The van der Waals surface area contributed by atoms with Crippen LogP contribution in [0.5, 0.6) is 0 Å². The lowest BCUT2D eigenvalue weighted by molar-refractivity contribution is -0.384. The Morgan fingerprint density at radius 1 is 0.921 bits per heavy atom. The molecule has 3 aliphatic heterocycles. The number of nitrogens with zero attached hydrogens (tertiary/aromatic N) is 5. The lowest BCUT2D eigenvalue weighted by Gasteiger charge is -2.38. The van der Waals surface area contributed by atoms with Crippen LogP contribution in [0.15, 0.2) is 72.8 Å². The molecule has 2 saturated heterocycles. The van der Waals surface area contributed by atoms with E-state index in [0.29, 0.717) is 17.4 Å². The molecule has 194 valence electrons. The number of thioether (sulfide) groups is 1. The number of carbonyl (C=O) groups is 2. The lowest BCUT2D eigenvalue weighted by atomic mass is 10.0. The Bertz CT molecular complexity index is 1430. The third-order valence-corrected chi connectivity index (χ3v) is 8.89. The van der Waals surface area contributed by atoms with Crippen LogP contribution in [-0.4, -0.2) is 60.2 Å². The van der Waals surface area contributed by atoms with E-state index in [1.165, 1.54) is 23.9 Å². The third kappa shape index (κ3) is 4.00. The number of halogens is 1. The molecule has 3 aromatic carbocycles. The first-order chi connectivity index (χ1) is 18.4. The van der Waals surface area contributed by atoms with Gasteiger partial charge in [0.25, 0.3) is 11.6 Å². The summed E-state index contributed by atoms with van der Waals surface area (Å²) in [4.78, 5) is 44.6. The fourth-order valence-corrected chi connectivity index (χ4v) is 6.99. The zero-order chi connectivity index (χ0) is 26.4. The van der Waals surface area contributed by atoms with Crippen molar-refractivity contribution >= 4 is 57.9 Å². The van der Waals surface area contributed by atoms with E-state index >= 15 is 0 Å². The van der Waals surface area contributed by atoms with Gasteiger partial charge in [-0.25, -0.2) is 0 Å². The largest absolute Gasteiger partial charge is 0.369 e. The second-order valence-electron chi connectivity index (χ2n) is 9.41. The number of benzene rings is 3. The molecule has 9 nitrogen and oxygen atoms in total. The van der Waals surface area contributed by atoms with Gasteiger partial charge in [0.1, 0.15) is 0 Å². The molecule has 3 aromatic rings. The Labute approximate surface area is 228 Å². The number of fused-ring (bicyclic) bond motifs is 2. The normalized spacial score (nSPS) is 21.4. The van der Waals surface area contributed by atoms with Gasteiger partial charge in [-0.3, -0.25) is 34.4 Å². The molecule has 38 heavy (non-hydrogen) atoms. The number of carbonyl (C=O) groups excluding carboxylic acids is 2. The Hall–Kier alpha value is -3.60. The molecule has 0 radical (unpaired) electrons. The minimum atomic E-state index is -1.17. The first-order valence-corrected chi connectivity index (χ1v) is 13.6. The van der Waals surface area contributed by atoms with Gasteiger partial charge in [-0.2, -0.15) is 0 Å². The van der Waals surface area contributed by atoms with Crippen molar-refractivity contribution in [1.29, 1.82) is 0 Å². The molecule has 1 spiro atoms. The Balaban J connectivity index is 1.24. The number of para-hydroxylation sites is 1. The summed E-state index contributed by atoms with van der Waals surface area (Å²) in [6.45, 7) is 3.31. The summed E-state index contributed by atoms with van der Waals surface area (Å²) in [7, 11) is 0. The van der Waals surface area contributed by atoms with Gasteiger partial charge in [0, 0.05) is 60.3 Å². The summed E-state index contributed by atoms with van der Waals surface area (Å²) in [6.07, 6.45) is 0. The third-order valence-electron chi connectivity index (χ3n) is 7.27. The van der Waals surface area contributed by atoms with Crippen LogP contribution < -0.4 is 14.7 Å². The van der Waals surface area contributed by atoms with Gasteiger partial charge < -0.3 is 4.90 Å². The van der Waals surface area contributed by atoms with E-state index in [-0.39, 0.29) is 23.3 Å². The second-order valence-corrected chi connectivity index (χ2v) is 11.0. The molecule has 0 aliphatic carbocycles. The predicted molar refractivity (Wildman–Crippen MR) is 149 cm³/mol. The highest BCUT2D eigenvalue weighted by molar-refractivity contribution is 8.02. The van der Waals surface area contributed by atoms with Crippen molar-refractivity contribution in [2.75, 3.05) is 53.3 Å². The van der Waals surface area contributed by atoms with E-state index < -0.39 is 9.79 Å². The number of nitro groups is 1. The van der Waals surface area contributed by atoms with Crippen molar-refractivity contribution in [2.45, 2.75) is 4.87 Å². The van der Waals surface area contributed by atoms with Crippen molar-refractivity contribution in [3.63, 3.8) is 0 Å². The van der Waals surface area contributed by atoms with Crippen LogP contribution in [0.1, 0.15) is 5.56 Å². The fraction of sp³-hybridized carbons (Fsp3) is 0.259. The maximum atomic E-state index is 14.2. The van der Waals surface area contributed by atoms with Crippen LogP contribution in [0, 0.1) is 10.1 Å². The molecule has 1 atom stereocenters. The molecule has 6 rings (SSSR count). The summed E-state index contributed by atoms with van der Waals surface area (Å²) in [5.41, 5.74) is 3.24. The summed E-state index contributed by atoms with van der Waals surface area (Å²) in [5.74, 6) is -0.0553. The van der Waals surface area contributed by atoms with Crippen molar-refractivity contribution < 1.29 is 14.5 Å². The molecule has 11 heteroatoms. The Morgan fingerprint density at radius 2 is 1.66 bits per heavy atom. The van der Waals surface area contributed by atoms with Gasteiger partial charge in [0.05, 0.1) is 23.0 Å². The molecular formula is C27H24ClN5O4S. The zero-order valence-electron chi connectivity index (χ0n) is 20.3. The number of hydrogen-bond donors (Lipinski definition) is 0. The molecule has 3 heterocycles. The van der Waals surface area contributed by atoms with Crippen molar-refractivity contribution in [1.82, 2.24) is 4.90 Å². The molecule has 3 aliphatic rings. The highest BCUT2D eigenvalue weighted by Gasteiger charge is 2.61. The topological polar surface area (TPSA) is 90.2 Å². The van der Waals surface area contributed by atoms with E-state index in [4.69, 9.17) is 11.6 Å². The smallest absolute Gasteiger partial charge is 0.269 e. The summed E-state index contributed by atoms with van der Waals surface area (Å²) >= 11 is 7.61. The van der Waals surface area contributed by atoms with Crippen LogP contribution >= 0.6 is 23.4 Å². The number of piperazine rings is 1. The minimum absolute atomic E-state index is 0.0719. The van der Waals surface area contributed by atoms with E-state index in [1.807, 2.05) is 30.3 Å². The van der Waals surface area contributed by atoms with Crippen molar-refractivity contribution in [3.8, 4) is 0 Å². The van der Waals surface area contributed by atoms with Gasteiger partial charge >= 0.3 is 0 Å². The van der Waals surface area contributed by atoms with Crippen LogP contribution in [0.4, 0.5) is 22.7 Å². The Morgan fingerprint density at radius 3 is 2.37 bits per heavy atom. The molecule has 1 unspecified atom stereocenters. The SMILES string of the molecule is O=C1CSC2(C(=O)N(CN3CCN(c4ccc([N+](=O)[O-])cc4)CC3)c3ccccc32)N1c1cccc(Cl)c1. The molecule has 0 aromatic heterocycles. The monoisotopic (exact) mass is 549 g/mol. The van der Waals surface area contributed by atoms with Gasteiger partial charge in [-0.15, -0.1) is 11.8 Å². The van der Waals surface area contributed by atoms with Gasteiger partial charge in [-0.05, 0) is 36.4 Å². The molecule has 2 fully saturated rings. The predicted octanol–water partition coefficient (Wildman–Crippen LogP) is 4.31. The quantitative estimate of drug-likeness (QED) is 0.346. The molecular weight excluding hydrogens is 526 g/mol. The number of anilines is 3. The van der Waals surface area contributed by atoms with Gasteiger partial charge in [-0.1, -0.05) is 35.9 Å². The average Bonchev–Trinajstić information content (AvgIpc) is 3.40. The summed E-state index contributed by atoms with van der Waals surface area (Å²) in [6, 6.07) is 21.4. The van der Waals surface area contributed by atoms with Crippen molar-refractivity contribution in [2.24, 2.45) is 0 Å². The van der Waals surface area contributed by atoms with E-state index in [2.05, 4.69) is 9.80 Å². The maximum absolute atomic E-state index is 14.2. The molecule has 0 N–H and O–H groups in total.